The van der Waals surface area contributed by atoms with Crippen molar-refractivity contribution in [3.05, 3.63) is 29.0 Å². The molecule has 0 atom stereocenters. The maximum absolute atomic E-state index is 5.73. The number of nitrogens with zero attached hydrogens (tertiary/aromatic N) is 1. The Morgan fingerprint density at radius 3 is 2.50 bits per heavy atom. The molecule has 1 rings (SSSR count). The third-order valence-electron chi connectivity index (χ3n) is 1.39. The topological polar surface area (TPSA) is 12.9 Å². The lowest BCUT2D eigenvalue weighted by Crippen LogP contribution is -1.87. The van der Waals surface area contributed by atoms with Crippen LogP contribution in [0.3, 0.4) is 0 Å². The number of halogens is 1. The van der Waals surface area contributed by atoms with E-state index in [1.54, 1.807) is 6.20 Å². The molecular weight excluding hydrogens is 146 g/mol. The highest BCUT2D eigenvalue weighted by atomic mass is 35.5. The minimum absolute atomic E-state index is 0.506. The first-order valence-electron chi connectivity index (χ1n) is 3.30. The second-order valence-corrected chi connectivity index (χ2v) is 3.03. The van der Waals surface area contributed by atoms with Gasteiger partial charge < -0.3 is 0 Å². The van der Waals surface area contributed by atoms with Crippen molar-refractivity contribution in [2.75, 3.05) is 0 Å². The van der Waals surface area contributed by atoms with Crippen LogP contribution in [-0.4, -0.2) is 4.98 Å². The van der Waals surface area contributed by atoms with Crippen LogP contribution in [0.15, 0.2) is 18.5 Å². The van der Waals surface area contributed by atoms with Crippen LogP contribution in [0.25, 0.3) is 0 Å². The molecule has 1 heterocycles. The summed E-state index contributed by atoms with van der Waals surface area (Å²) in [5.41, 5.74) is 1.19. The molecule has 0 saturated carbocycles. The van der Waals surface area contributed by atoms with Crippen LogP contribution in [0.5, 0.6) is 0 Å². The standard InChI is InChI=1S/C8H10ClN/c1-6(2)7-3-8(9)5-10-4-7/h3-6H,1-2H3. The molecule has 0 unspecified atom stereocenters. The summed E-state index contributed by atoms with van der Waals surface area (Å²) in [7, 11) is 0. The molecule has 0 spiro atoms. The minimum atomic E-state index is 0.506. The summed E-state index contributed by atoms with van der Waals surface area (Å²) in [4.78, 5) is 3.97. The summed E-state index contributed by atoms with van der Waals surface area (Å²) in [5, 5.41) is 0.714. The Kier molecular flexibility index (Phi) is 2.28. The van der Waals surface area contributed by atoms with Gasteiger partial charge in [-0.2, -0.15) is 0 Å². The lowest BCUT2D eigenvalue weighted by Gasteiger charge is -2.02. The Morgan fingerprint density at radius 1 is 1.40 bits per heavy atom. The molecule has 0 saturated heterocycles. The smallest absolute Gasteiger partial charge is 0.0592 e. The number of pyridine rings is 1. The second-order valence-electron chi connectivity index (χ2n) is 2.59. The average Bonchev–Trinajstić information content (AvgIpc) is 1.88. The summed E-state index contributed by atoms with van der Waals surface area (Å²) in [5.74, 6) is 0.506. The normalized spacial score (nSPS) is 10.4. The summed E-state index contributed by atoms with van der Waals surface area (Å²) in [6, 6.07) is 1.94. The van der Waals surface area contributed by atoms with Gasteiger partial charge in [0.05, 0.1) is 5.02 Å². The van der Waals surface area contributed by atoms with Crippen LogP contribution in [0.4, 0.5) is 0 Å². The van der Waals surface area contributed by atoms with E-state index in [1.807, 2.05) is 12.3 Å². The van der Waals surface area contributed by atoms with E-state index in [2.05, 4.69) is 18.8 Å². The van der Waals surface area contributed by atoms with E-state index in [9.17, 15) is 0 Å². The lowest BCUT2D eigenvalue weighted by molar-refractivity contribution is 0.858. The molecular formula is C8H10ClN. The molecule has 0 bridgehead atoms. The summed E-state index contributed by atoms with van der Waals surface area (Å²) >= 11 is 5.73. The van der Waals surface area contributed by atoms with Gasteiger partial charge >= 0.3 is 0 Å². The van der Waals surface area contributed by atoms with Crippen molar-refractivity contribution in [3.63, 3.8) is 0 Å². The Hall–Kier alpha value is -0.560. The van der Waals surface area contributed by atoms with Gasteiger partial charge in [-0.25, -0.2) is 0 Å². The van der Waals surface area contributed by atoms with Crippen molar-refractivity contribution in [1.82, 2.24) is 4.98 Å². The molecule has 1 aromatic heterocycles. The third-order valence-corrected chi connectivity index (χ3v) is 1.60. The predicted octanol–water partition coefficient (Wildman–Crippen LogP) is 2.86. The molecule has 54 valence electrons. The monoisotopic (exact) mass is 155 g/mol. The zero-order valence-corrected chi connectivity index (χ0v) is 6.89. The summed E-state index contributed by atoms with van der Waals surface area (Å²) in [6.45, 7) is 4.24. The van der Waals surface area contributed by atoms with Gasteiger partial charge in [-0.3, -0.25) is 4.98 Å². The highest BCUT2D eigenvalue weighted by Crippen LogP contribution is 2.16. The van der Waals surface area contributed by atoms with E-state index in [0.29, 0.717) is 10.9 Å². The van der Waals surface area contributed by atoms with Gasteiger partial charge in [0.2, 0.25) is 0 Å². The number of hydrogen-bond donors (Lipinski definition) is 0. The Bertz CT molecular complexity index is 220. The molecule has 0 aromatic carbocycles. The molecule has 1 nitrogen and oxygen atoms in total. The SMILES string of the molecule is CC(C)c1cncc(Cl)c1. The lowest BCUT2D eigenvalue weighted by atomic mass is 10.1. The van der Waals surface area contributed by atoms with Crippen LogP contribution in [0.1, 0.15) is 25.3 Å². The molecule has 0 aliphatic heterocycles. The van der Waals surface area contributed by atoms with Crippen molar-refractivity contribution in [2.24, 2.45) is 0 Å². The largest absolute Gasteiger partial charge is 0.263 e. The molecule has 2 heteroatoms. The number of rotatable bonds is 1. The van der Waals surface area contributed by atoms with Crippen molar-refractivity contribution in [1.29, 1.82) is 0 Å². The van der Waals surface area contributed by atoms with Gasteiger partial charge in [-0.05, 0) is 17.5 Å². The van der Waals surface area contributed by atoms with E-state index < -0.39 is 0 Å². The first-order valence-corrected chi connectivity index (χ1v) is 3.68. The van der Waals surface area contributed by atoms with Gasteiger partial charge in [0.15, 0.2) is 0 Å². The molecule has 1 aromatic rings. The highest BCUT2D eigenvalue weighted by Gasteiger charge is 1.98. The van der Waals surface area contributed by atoms with Crippen molar-refractivity contribution in [3.8, 4) is 0 Å². The van der Waals surface area contributed by atoms with E-state index >= 15 is 0 Å². The summed E-state index contributed by atoms with van der Waals surface area (Å²) < 4.78 is 0. The van der Waals surface area contributed by atoms with Gasteiger partial charge in [0.1, 0.15) is 0 Å². The molecule has 0 radical (unpaired) electrons. The number of aromatic nitrogens is 1. The van der Waals surface area contributed by atoms with E-state index in [0.717, 1.165) is 0 Å². The van der Waals surface area contributed by atoms with Gasteiger partial charge in [-0.1, -0.05) is 25.4 Å². The molecule has 0 aliphatic rings. The van der Waals surface area contributed by atoms with Crippen molar-refractivity contribution in [2.45, 2.75) is 19.8 Å². The first kappa shape index (κ1) is 7.55. The fraction of sp³-hybridized carbons (Fsp3) is 0.375. The second kappa shape index (κ2) is 3.02. The van der Waals surface area contributed by atoms with Crippen molar-refractivity contribution < 1.29 is 0 Å². The van der Waals surface area contributed by atoms with Crippen LogP contribution in [0.2, 0.25) is 5.02 Å². The van der Waals surface area contributed by atoms with Crippen molar-refractivity contribution >= 4 is 11.6 Å². The maximum Gasteiger partial charge on any atom is 0.0592 e. The van der Waals surface area contributed by atoms with Crippen LogP contribution in [0, 0.1) is 0 Å². The molecule has 0 amide bonds. The first-order chi connectivity index (χ1) is 4.70. The van der Waals surface area contributed by atoms with E-state index in [-0.39, 0.29) is 0 Å². The molecule has 10 heavy (non-hydrogen) atoms. The minimum Gasteiger partial charge on any atom is -0.263 e. The quantitative estimate of drug-likeness (QED) is 0.608. The molecule has 0 aliphatic carbocycles. The Balaban J connectivity index is 2.96. The zero-order chi connectivity index (χ0) is 7.56. The molecule has 0 N–H and O–H groups in total. The Morgan fingerprint density at radius 2 is 2.10 bits per heavy atom. The molecule has 0 fully saturated rings. The van der Waals surface area contributed by atoms with Crippen LogP contribution < -0.4 is 0 Å². The maximum atomic E-state index is 5.73. The Labute approximate surface area is 66.0 Å². The third kappa shape index (κ3) is 1.71. The van der Waals surface area contributed by atoms with Crippen LogP contribution >= 0.6 is 11.6 Å². The van der Waals surface area contributed by atoms with Crippen LogP contribution in [-0.2, 0) is 0 Å². The zero-order valence-electron chi connectivity index (χ0n) is 6.13. The average molecular weight is 156 g/mol. The van der Waals surface area contributed by atoms with Gasteiger partial charge in [-0.15, -0.1) is 0 Å². The fourth-order valence-corrected chi connectivity index (χ4v) is 0.926. The van der Waals surface area contributed by atoms with E-state index in [4.69, 9.17) is 11.6 Å². The fourth-order valence-electron chi connectivity index (χ4n) is 0.744. The van der Waals surface area contributed by atoms with Gasteiger partial charge in [0.25, 0.3) is 0 Å². The summed E-state index contributed by atoms with van der Waals surface area (Å²) in [6.07, 6.45) is 3.49. The number of hydrogen-bond acceptors (Lipinski definition) is 1. The predicted molar refractivity (Wildman–Crippen MR) is 43.3 cm³/mol. The van der Waals surface area contributed by atoms with Gasteiger partial charge in [0, 0.05) is 12.4 Å². The highest BCUT2D eigenvalue weighted by molar-refractivity contribution is 6.30. The van der Waals surface area contributed by atoms with E-state index in [1.165, 1.54) is 5.56 Å².